The van der Waals surface area contributed by atoms with Crippen molar-refractivity contribution in [1.82, 2.24) is 9.72 Å². The van der Waals surface area contributed by atoms with Gasteiger partial charge in [-0.05, 0) is 50.1 Å². The molecule has 0 radical (unpaired) electrons. The maximum Gasteiger partial charge on any atom is 0.249 e. The van der Waals surface area contributed by atoms with Gasteiger partial charge in [0.05, 0.1) is 11.2 Å². The third-order valence-electron chi connectivity index (χ3n) is 5.57. The molecule has 0 aliphatic heterocycles. The summed E-state index contributed by atoms with van der Waals surface area (Å²) in [7, 11) is 0. The number of allylic oxidation sites excluding steroid dienone is 5. The lowest BCUT2D eigenvalue weighted by Gasteiger charge is -2.11. The molecule has 178 valence electrons. The van der Waals surface area contributed by atoms with Gasteiger partial charge in [0.1, 0.15) is 5.76 Å². The number of rotatable bonds is 6. The lowest BCUT2D eigenvalue weighted by Crippen LogP contribution is -2.12. The van der Waals surface area contributed by atoms with E-state index >= 15 is 0 Å². The fourth-order valence-corrected chi connectivity index (χ4v) is 4.16. The minimum atomic E-state index is -0.463. The van der Waals surface area contributed by atoms with Gasteiger partial charge in [-0.3, -0.25) is 4.79 Å². The maximum absolute atomic E-state index is 12.5. The molecule has 0 saturated carbocycles. The minimum Gasteiger partial charge on any atom is -0.366 e. The van der Waals surface area contributed by atoms with Gasteiger partial charge in [-0.2, -0.15) is 0 Å². The van der Waals surface area contributed by atoms with Crippen LogP contribution >= 0.6 is 0 Å². The molecule has 1 amide bonds. The topological polar surface area (TPSA) is 74.0 Å². The average molecular weight is 458 g/mol. The Bertz CT molecular complexity index is 1360. The van der Waals surface area contributed by atoms with Crippen LogP contribution in [0.3, 0.4) is 0 Å². The first-order valence-electron chi connectivity index (χ1n) is 11.2. The van der Waals surface area contributed by atoms with Gasteiger partial charge in [-0.15, -0.1) is 0 Å². The number of nitrogens with two attached hydrogens (primary N) is 1. The summed E-state index contributed by atoms with van der Waals surface area (Å²) in [6, 6.07) is 12.0. The molecule has 34 heavy (non-hydrogen) atoms. The highest BCUT2D eigenvalue weighted by Gasteiger charge is 2.21. The van der Waals surface area contributed by atoms with E-state index in [0.717, 1.165) is 44.2 Å². The molecule has 2 aromatic carbocycles. The fraction of sp³-hybridized carbons (Fsp3) is 0.241. The standard InChI is InChI=1S/C26H25N3O2.C2H6.CH4/c1-5-7-10-18(6-2)15-29-22-12-9-8-11-20(22)25-21(26(27)30)13-19(14-23(25)29)24-16(3)28-31-17(24)4;1-2;/h5-14H,2,15H2,1,3-4H3,(H2,27,30);1-2H3;1H4/b7-5-,18-10+;;. The Kier molecular flexibility index (Phi) is 8.79. The Morgan fingerprint density at radius 2 is 1.88 bits per heavy atom. The second-order valence-corrected chi connectivity index (χ2v) is 7.56. The number of carbonyl (C=O) groups excluding carboxylic acids is 1. The van der Waals surface area contributed by atoms with Crippen molar-refractivity contribution in [2.24, 2.45) is 5.73 Å². The third kappa shape index (κ3) is 4.74. The van der Waals surface area contributed by atoms with Crippen molar-refractivity contribution in [3.05, 3.63) is 89.9 Å². The normalized spacial score (nSPS) is 11.4. The third-order valence-corrected chi connectivity index (χ3v) is 5.57. The van der Waals surface area contributed by atoms with Crippen LogP contribution < -0.4 is 5.73 Å². The van der Waals surface area contributed by atoms with Crippen LogP contribution in [0.15, 0.2) is 77.4 Å². The summed E-state index contributed by atoms with van der Waals surface area (Å²) < 4.78 is 7.58. The molecule has 2 N–H and O–H groups in total. The molecule has 2 heterocycles. The van der Waals surface area contributed by atoms with Crippen LogP contribution in [0.2, 0.25) is 0 Å². The van der Waals surface area contributed by atoms with E-state index in [1.165, 1.54) is 0 Å². The monoisotopic (exact) mass is 457 g/mol. The van der Waals surface area contributed by atoms with E-state index in [-0.39, 0.29) is 7.43 Å². The number of primary amides is 1. The zero-order valence-corrected chi connectivity index (χ0v) is 20.0. The number of para-hydroxylation sites is 1. The molecule has 0 unspecified atom stereocenters. The van der Waals surface area contributed by atoms with Crippen LogP contribution in [0, 0.1) is 13.8 Å². The van der Waals surface area contributed by atoms with Gasteiger partial charge in [-0.25, -0.2) is 0 Å². The summed E-state index contributed by atoms with van der Waals surface area (Å²) in [5.41, 5.74) is 11.9. The first-order chi connectivity index (χ1) is 16.0. The SMILES string of the molecule is C.C=C/C(=C\C=C/C)Cn1c2ccccc2c2c(C(N)=O)cc(-c3c(C)noc3C)cc21.CC. The van der Waals surface area contributed by atoms with Gasteiger partial charge in [0.2, 0.25) is 5.91 Å². The molecule has 0 fully saturated rings. The van der Waals surface area contributed by atoms with E-state index in [1.54, 1.807) is 0 Å². The number of aryl methyl sites for hydroxylation is 2. The summed E-state index contributed by atoms with van der Waals surface area (Å²) in [5.74, 6) is 0.240. The van der Waals surface area contributed by atoms with Crippen LogP contribution in [0.4, 0.5) is 0 Å². The van der Waals surface area contributed by atoms with E-state index in [0.29, 0.717) is 17.9 Å². The predicted molar refractivity (Wildman–Crippen MR) is 144 cm³/mol. The van der Waals surface area contributed by atoms with Crippen LogP contribution in [-0.2, 0) is 6.54 Å². The van der Waals surface area contributed by atoms with Gasteiger partial charge in [0.25, 0.3) is 0 Å². The van der Waals surface area contributed by atoms with Crippen molar-refractivity contribution >= 4 is 27.7 Å². The Labute approximate surface area is 202 Å². The minimum absolute atomic E-state index is 0. The Morgan fingerprint density at radius 3 is 2.47 bits per heavy atom. The van der Waals surface area contributed by atoms with Crippen molar-refractivity contribution in [3.63, 3.8) is 0 Å². The molecular weight excluding hydrogens is 422 g/mol. The summed E-state index contributed by atoms with van der Waals surface area (Å²) in [6.45, 7) is 14.3. The second-order valence-electron chi connectivity index (χ2n) is 7.56. The number of hydrogen-bond acceptors (Lipinski definition) is 3. The smallest absolute Gasteiger partial charge is 0.249 e. The van der Waals surface area contributed by atoms with Crippen molar-refractivity contribution in [2.45, 2.75) is 48.6 Å². The van der Waals surface area contributed by atoms with E-state index in [1.807, 2.05) is 83.2 Å². The van der Waals surface area contributed by atoms with Crippen LogP contribution in [-0.4, -0.2) is 15.6 Å². The zero-order chi connectivity index (χ0) is 24.1. The Morgan fingerprint density at radius 1 is 1.18 bits per heavy atom. The van der Waals surface area contributed by atoms with E-state index in [9.17, 15) is 4.79 Å². The number of aromatic nitrogens is 2. The molecule has 0 aliphatic carbocycles. The molecule has 0 atom stereocenters. The van der Waals surface area contributed by atoms with Gasteiger partial charge in [0, 0.05) is 34.0 Å². The summed E-state index contributed by atoms with van der Waals surface area (Å²) >= 11 is 0. The second kappa shape index (κ2) is 11.3. The highest BCUT2D eigenvalue weighted by molar-refractivity contribution is 6.19. The molecule has 4 rings (SSSR count). The molecular formula is C29H35N3O2. The molecule has 5 heteroatoms. The number of fused-ring (bicyclic) bond motifs is 3. The van der Waals surface area contributed by atoms with E-state index in [2.05, 4.69) is 28.4 Å². The predicted octanol–water partition coefficient (Wildman–Crippen LogP) is 7.52. The lowest BCUT2D eigenvalue weighted by molar-refractivity contribution is 0.100. The van der Waals surface area contributed by atoms with Gasteiger partial charge >= 0.3 is 0 Å². The Balaban J connectivity index is 0.00000133. The quantitative estimate of drug-likeness (QED) is 0.304. The van der Waals surface area contributed by atoms with Gasteiger partial charge in [0.15, 0.2) is 0 Å². The highest BCUT2D eigenvalue weighted by atomic mass is 16.5. The molecule has 0 bridgehead atoms. The average Bonchev–Trinajstić information content (AvgIpc) is 3.33. The van der Waals surface area contributed by atoms with Gasteiger partial charge < -0.3 is 14.8 Å². The number of hydrogen-bond donors (Lipinski definition) is 1. The lowest BCUT2D eigenvalue weighted by atomic mass is 9.97. The zero-order valence-electron chi connectivity index (χ0n) is 20.0. The van der Waals surface area contributed by atoms with E-state index in [4.69, 9.17) is 10.3 Å². The van der Waals surface area contributed by atoms with Crippen LogP contribution in [0.5, 0.6) is 0 Å². The highest BCUT2D eigenvalue weighted by Crippen LogP contribution is 2.37. The van der Waals surface area contributed by atoms with Crippen LogP contribution in [0.1, 0.15) is 50.0 Å². The van der Waals surface area contributed by atoms with Crippen molar-refractivity contribution in [1.29, 1.82) is 0 Å². The molecule has 2 aromatic heterocycles. The largest absolute Gasteiger partial charge is 0.366 e. The summed E-state index contributed by atoms with van der Waals surface area (Å²) in [5, 5.41) is 5.93. The van der Waals surface area contributed by atoms with Crippen molar-refractivity contribution in [2.75, 3.05) is 0 Å². The fourth-order valence-electron chi connectivity index (χ4n) is 4.16. The van der Waals surface area contributed by atoms with Crippen molar-refractivity contribution in [3.8, 4) is 11.1 Å². The first kappa shape index (κ1) is 26.4. The molecule has 0 saturated heterocycles. The molecule has 0 spiro atoms. The number of carbonyl (C=O) groups is 1. The number of amides is 1. The molecule has 4 aromatic rings. The summed E-state index contributed by atoms with van der Waals surface area (Å²) in [4.78, 5) is 12.5. The molecule has 0 aliphatic rings. The summed E-state index contributed by atoms with van der Waals surface area (Å²) in [6.07, 6.45) is 7.87. The first-order valence-corrected chi connectivity index (χ1v) is 11.2. The van der Waals surface area contributed by atoms with E-state index < -0.39 is 5.91 Å². The number of benzene rings is 2. The molecule has 5 nitrogen and oxygen atoms in total. The van der Waals surface area contributed by atoms with Crippen LogP contribution in [0.25, 0.3) is 32.9 Å². The maximum atomic E-state index is 12.5. The Hall–Kier alpha value is -3.86. The number of nitrogens with zero attached hydrogens (tertiary/aromatic N) is 2. The van der Waals surface area contributed by atoms with Crippen molar-refractivity contribution < 1.29 is 9.32 Å². The van der Waals surface area contributed by atoms with Gasteiger partial charge in [-0.1, -0.05) is 75.5 Å².